The van der Waals surface area contributed by atoms with Crippen LogP contribution in [-0.2, 0) is 15.4 Å². The molecule has 1 fully saturated rings. The Morgan fingerprint density at radius 1 is 1.18 bits per heavy atom. The summed E-state index contributed by atoms with van der Waals surface area (Å²) in [6.45, 7) is 6.61. The van der Waals surface area contributed by atoms with Crippen molar-refractivity contribution in [1.82, 2.24) is 14.5 Å². The second-order valence-corrected chi connectivity index (χ2v) is 11.4. The fourth-order valence-electron chi connectivity index (χ4n) is 5.87. The van der Waals surface area contributed by atoms with E-state index in [1.54, 1.807) is 13.0 Å². The molecule has 2 bridgehead atoms. The highest BCUT2D eigenvalue weighted by molar-refractivity contribution is 8.04. The molecule has 10 heteroatoms. The van der Waals surface area contributed by atoms with Crippen molar-refractivity contribution in [3.05, 3.63) is 47.2 Å². The number of rotatable bonds is 5. The molecule has 1 aliphatic heterocycles. The van der Waals surface area contributed by atoms with E-state index in [0.29, 0.717) is 0 Å². The summed E-state index contributed by atoms with van der Waals surface area (Å²) in [6.07, 6.45) is 2.87. The number of sulfonamides is 1. The van der Waals surface area contributed by atoms with Crippen molar-refractivity contribution in [3.63, 3.8) is 0 Å². The van der Waals surface area contributed by atoms with Crippen molar-refractivity contribution >= 4 is 21.4 Å². The second-order valence-electron chi connectivity index (χ2n) is 9.44. The number of hydrogen-bond donors (Lipinski definition) is 0. The summed E-state index contributed by atoms with van der Waals surface area (Å²) in [5.41, 5.74) is 0.707. The normalized spacial score (nSPS) is 25.0. The molecule has 0 amide bonds. The van der Waals surface area contributed by atoms with E-state index in [9.17, 15) is 17.2 Å². The highest BCUT2D eigenvalue weighted by Gasteiger charge is 2.64. The molecule has 2 heterocycles. The van der Waals surface area contributed by atoms with Crippen LogP contribution in [0.5, 0.6) is 0 Å². The highest BCUT2D eigenvalue weighted by atomic mass is 32.2. The Bertz CT molecular complexity index is 1290. The van der Waals surface area contributed by atoms with Crippen LogP contribution in [0.1, 0.15) is 50.8 Å². The number of nitrogens with zero attached hydrogens (tertiary/aromatic N) is 5. The zero-order valence-electron chi connectivity index (χ0n) is 18.7. The fraction of sp³-hybridized carbons (Fsp3) is 0.478. The van der Waals surface area contributed by atoms with Crippen molar-refractivity contribution in [2.45, 2.75) is 44.9 Å². The van der Waals surface area contributed by atoms with Crippen molar-refractivity contribution in [1.29, 1.82) is 0 Å². The van der Waals surface area contributed by atoms with Gasteiger partial charge in [-0.1, -0.05) is 26.8 Å². The minimum Gasteiger partial charge on any atom is -0.266 e. The van der Waals surface area contributed by atoms with E-state index in [4.69, 9.17) is 0 Å². The third-order valence-corrected chi connectivity index (χ3v) is 9.68. The number of benzene rings is 1. The molecule has 0 unspecified atom stereocenters. The molecule has 1 aromatic heterocycles. The van der Waals surface area contributed by atoms with Gasteiger partial charge < -0.3 is 0 Å². The van der Waals surface area contributed by atoms with Gasteiger partial charge in [0.15, 0.2) is 5.04 Å². The highest BCUT2D eigenvalue weighted by Crippen LogP contribution is 2.67. The van der Waals surface area contributed by atoms with E-state index < -0.39 is 27.1 Å². The minimum atomic E-state index is -3.77. The Morgan fingerprint density at radius 2 is 1.91 bits per heavy atom. The van der Waals surface area contributed by atoms with Gasteiger partial charge in [-0.15, -0.1) is 0 Å². The number of halogens is 2. The van der Waals surface area contributed by atoms with Crippen LogP contribution >= 0.6 is 0 Å². The predicted molar refractivity (Wildman–Crippen MR) is 122 cm³/mol. The lowest BCUT2D eigenvalue weighted by molar-refractivity contribution is 0.170. The van der Waals surface area contributed by atoms with E-state index in [-0.39, 0.29) is 47.3 Å². The Labute approximate surface area is 191 Å². The summed E-state index contributed by atoms with van der Waals surface area (Å²) in [6, 6.07) is 5.44. The maximum absolute atomic E-state index is 14.4. The van der Waals surface area contributed by atoms with Gasteiger partial charge in [-0.2, -0.15) is 14.5 Å². The average Bonchev–Trinajstić information content (AvgIpc) is 3.44. The zero-order chi connectivity index (χ0) is 23.6. The Kier molecular flexibility index (Phi) is 5.02. The Morgan fingerprint density at radius 3 is 2.55 bits per heavy atom. The molecule has 1 saturated carbocycles. The lowest BCUT2D eigenvalue weighted by atomic mass is 9.68. The number of fused-ring (bicyclic) bond motifs is 5. The number of hydrogen-bond acceptors (Lipinski definition) is 6. The summed E-state index contributed by atoms with van der Waals surface area (Å²) < 4.78 is 56.8. The van der Waals surface area contributed by atoms with E-state index in [0.717, 1.165) is 24.1 Å². The quantitative estimate of drug-likeness (QED) is 0.663. The molecule has 0 saturated heterocycles. The maximum atomic E-state index is 14.4. The minimum absolute atomic E-state index is 0.0442. The van der Waals surface area contributed by atoms with E-state index in [2.05, 4.69) is 34.0 Å². The fourth-order valence-corrected chi connectivity index (χ4v) is 7.32. The van der Waals surface area contributed by atoms with E-state index in [1.165, 1.54) is 28.8 Å². The van der Waals surface area contributed by atoms with Gasteiger partial charge in [0.1, 0.15) is 18.0 Å². The smallest absolute Gasteiger partial charge is 0.258 e. The van der Waals surface area contributed by atoms with Crippen molar-refractivity contribution < 1.29 is 17.2 Å². The molecule has 0 spiro atoms. The third kappa shape index (κ3) is 3.03. The van der Waals surface area contributed by atoms with Crippen LogP contribution in [-0.4, -0.2) is 53.9 Å². The van der Waals surface area contributed by atoms with Gasteiger partial charge in [0.05, 0.1) is 23.5 Å². The molecule has 5 rings (SSSR count). The maximum Gasteiger partial charge on any atom is 0.258 e. The molecule has 3 aliphatic rings. The van der Waals surface area contributed by atoms with Crippen LogP contribution in [0.15, 0.2) is 34.3 Å². The molecule has 33 heavy (non-hydrogen) atoms. The first-order chi connectivity index (χ1) is 15.6. The number of aliphatic imine (C=N–C) groups is 2. The summed E-state index contributed by atoms with van der Waals surface area (Å²) >= 11 is 0. The van der Waals surface area contributed by atoms with Gasteiger partial charge in [0.25, 0.3) is 10.0 Å². The molecule has 2 aliphatic carbocycles. The SMILES string of the molecule is CCN(C[C@@]12CC[C@@H](c3cc(-c4c(F)cccc4F)nnc31)C2(C)C)S(=O)(=O)C1=NC=NC1. The van der Waals surface area contributed by atoms with Crippen LogP contribution in [0.25, 0.3) is 11.3 Å². The van der Waals surface area contributed by atoms with Crippen molar-refractivity contribution in [3.8, 4) is 11.3 Å². The molecule has 174 valence electrons. The molecule has 1 aromatic carbocycles. The van der Waals surface area contributed by atoms with Gasteiger partial charge in [-0.3, -0.25) is 4.99 Å². The molecule has 2 aromatic rings. The molecular formula is C23H25F2N5O2S. The van der Waals surface area contributed by atoms with Crippen LogP contribution in [0, 0.1) is 17.0 Å². The number of likely N-dealkylation sites (N-methyl/N-ethyl adjacent to an activating group) is 1. The third-order valence-electron chi connectivity index (χ3n) is 7.78. The summed E-state index contributed by atoms with van der Waals surface area (Å²) in [4.78, 5) is 7.87. The van der Waals surface area contributed by atoms with Gasteiger partial charge in [-0.05, 0) is 47.9 Å². The van der Waals surface area contributed by atoms with E-state index in [1.807, 2.05) is 0 Å². The van der Waals surface area contributed by atoms with Gasteiger partial charge in [-0.25, -0.2) is 22.2 Å². The Balaban J connectivity index is 1.59. The Hall–Kier alpha value is -2.59. The molecular weight excluding hydrogens is 448 g/mol. The zero-order valence-corrected chi connectivity index (χ0v) is 19.5. The topological polar surface area (TPSA) is 87.9 Å². The van der Waals surface area contributed by atoms with Crippen molar-refractivity contribution in [2.24, 2.45) is 15.4 Å². The first kappa shape index (κ1) is 22.2. The molecule has 0 N–H and O–H groups in total. The van der Waals surface area contributed by atoms with E-state index >= 15 is 0 Å². The first-order valence-corrected chi connectivity index (χ1v) is 12.4. The van der Waals surface area contributed by atoms with Gasteiger partial charge >= 0.3 is 0 Å². The first-order valence-electron chi connectivity index (χ1n) is 11.0. The van der Waals surface area contributed by atoms with Gasteiger partial charge in [0.2, 0.25) is 0 Å². The molecule has 2 atom stereocenters. The van der Waals surface area contributed by atoms with Gasteiger partial charge in [0, 0.05) is 18.5 Å². The van der Waals surface area contributed by atoms with Crippen molar-refractivity contribution in [2.75, 3.05) is 19.6 Å². The predicted octanol–water partition coefficient (Wildman–Crippen LogP) is 3.67. The summed E-state index contributed by atoms with van der Waals surface area (Å²) in [5.74, 6) is -1.29. The van der Waals surface area contributed by atoms with Crippen LogP contribution in [0.2, 0.25) is 0 Å². The van der Waals surface area contributed by atoms with Crippen LogP contribution < -0.4 is 0 Å². The average molecular weight is 474 g/mol. The molecule has 0 radical (unpaired) electrons. The lowest BCUT2D eigenvalue weighted by Crippen LogP contribution is -2.49. The number of aromatic nitrogens is 2. The largest absolute Gasteiger partial charge is 0.266 e. The summed E-state index contributed by atoms with van der Waals surface area (Å²) in [5, 5.41) is 8.72. The monoisotopic (exact) mass is 473 g/mol. The second kappa shape index (κ2) is 7.46. The van der Waals surface area contributed by atoms with Crippen LogP contribution in [0.3, 0.4) is 0 Å². The lowest BCUT2D eigenvalue weighted by Gasteiger charge is -2.41. The van der Waals surface area contributed by atoms with Crippen LogP contribution in [0.4, 0.5) is 8.78 Å². The summed E-state index contributed by atoms with van der Waals surface area (Å²) in [7, 11) is -3.77. The molecule has 7 nitrogen and oxygen atoms in total. The standard InChI is InChI=1S/C23H25F2N5O2S/c1-4-30(33(31,32)19-11-26-13-27-19)12-23-9-8-15(22(23,2)3)14-10-18(28-29-21(14)23)20-16(24)6-5-7-17(20)25/h5-7,10,13,15H,4,8-9,11-12H2,1-3H3/t15-,23-/m0/s1.